The van der Waals surface area contributed by atoms with Crippen molar-refractivity contribution in [3.8, 4) is 11.4 Å². The van der Waals surface area contributed by atoms with E-state index in [9.17, 15) is 4.79 Å². The van der Waals surface area contributed by atoms with Crippen LogP contribution in [0.2, 0.25) is 5.02 Å². The number of rotatable bonds is 5. The lowest BCUT2D eigenvalue weighted by atomic mass is 9.97. The summed E-state index contributed by atoms with van der Waals surface area (Å²) in [5, 5.41) is 4.74. The summed E-state index contributed by atoms with van der Waals surface area (Å²) >= 11 is 6.03. The molecule has 3 heterocycles. The summed E-state index contributed by atoms with van der Waals surface area (Å²) in [6.07, 6.45) is 4.04. The SMILES string of the molecule is O=C1CCCN1CC1CCCN(Cc2nc(-c3cccc(Cl)c3)no2)C1. The molecule has 2 fully saturated rings. The summed E-state index contributed by atoms with van der Waals surface area (Å²) in [5.41, 5.74) is 0.858. The first-order valence-corrected chi connectivity index (χ1v) is 9.64. The van der Waals surface area contributed by atoms with Crippen LogP contribution in [0.5, 0.6) is 0 Å². The molecule has 26 heavy (non-hydrogen) atoms. The highest BCUT2D eigenvalue weighted by molar-refractivity contribution is 6.30. The molecule has 138 valence electrons. The minimum Gasteiger partial charge on any atom is -0.342 e. The van der Waals surface area contributed by atoms with Crippen LogP contribution in [-0.4, -0.2) is 52.0 Å². The van der Waals surface area contributed by atoms with Crippen LogP contribution in [0, 0.1) is 5.92 Å². The third kappa shape index (κ3) is 4.07. The second-order valence-electron chi connectivity index (χ2n) is 7.21. The molecule has 0 radical (unpaired) electrons. The third-order valence-corrected chi connectivity index (χ3v) is 5.40. The first-order chi connectivity index (χ1) is 12.7. The standard InChI is InChI=1S/C19H23ClN4O2/c20-16-6-1-5-15(10-16)19-21-17(26-22-19)13-23-8-2-4-14(11-23)12-24-9-3-7-18(24)25/h1,5-6,10,14H,2-4,7-9,11-13H2. The van der Waals surface area contributed by atoms with Crippen LogP contribution in [-0.2, 0) is 11.3 Å². The fraction of sp³-hybridized carbons (Fsp3) is 0.526. The fourth-order valence-corrected chi connectivity index (χ4v) is 4.10. The van der Waals surface area contributed by atoms with E-state index in [-0.39, 0.29) is 0 Å². The Balaban J connectivity index is 1.36. The fourth-order valence-electron chi connectivity index (χ4n) is 3.91. The number of hydrogen-bond donors (Lipinski definition) is 0. The summed E-state index contributed by atoms with van der Waals surface area (Å²) in [7, 11) is 0. The molecule has 2 aliphatic heterocycles. The molecule has 1 atom stereocenters. The number of halogens is 1. The van der Waals surface area contributed by atoms with E-state index in [1.807, 2.05) is 29.2 Å². The summed E-state index contributed by atoms with van der Waals surface area (Å²) in [4.78, 5) is 20.7. The Kier molecular flexibility index (Phi) is 5.22. The first kappa shape index (κ1) is 17.5. The molecular formula is C19H23ClN4O2. The Morgan fingerprint density at radius 3 is 3.00 bits per heavy atom. The van der Waals surface area contributed by atoms with E-state index in [1.165, 1.54) is 6.42 Å². The highest BCUT2D eigenvalue weighted by Gasteiger charge is 2.27. The maximum absolute atomic E-state index is 11.9. The average molecular weight is 375 g/mol. The zero-order chi connectivity index (χ0) is 17.9. The Morgan fingerprint density at radius 1 is 1.27 bits per heavy atom. The van der Waals surface area contributed by atoms with Crippen LogP contribution in [0.3, 0.4) is 0 Å². The lowest BCUT2D eigenvalue weighted by Gasteiger charge is -2.33. The van der Waals surface area contributed by atoms with Gasteiger partial charge >= 0.3 is 0 Å². The highest BCUT2D eigenvalue weighted by atomic mass is 35.5. The molecule has 2 aromatic rings. The van der Waals surface area contributed by atoms with E-state index in [0.717, 1.165) is 44.6 Å². The van der Waals surface area contributed by atoms with Crippen molar-refractivity contribution >= 4 is 17.5 Å². The maximum Gasteiger partial charge on any atom is 0.241 e. The number of nitrogens with zero attached hydrogens (tertiary/aromatic N) is 4. The first-order valence-electron chi connectivity index (χ1n) is 9.26. The minimum absolute atomic E-state index is 0.310. The van der Waals surface area contributed by atoms with E-state index < -0.39 is 0 Å². The Labute approximate surface area is 158 Å². The van der Waals surface area contributed by atoms with Crippen molar-refractivity contribution in [3.63, 3.8) is 0 Å². The predicted molar refractivity (Wildman–Crippen MR) is 98.6 cm³/mol. The highest BCUT2D eigenvalue weighted by Crippen LogP contribution is 2.23. The molecular weight excluding hydrogens is 352 g/mol. The van der Waals surface area contributed by atoms with Gasteiger partial charge in [-0.15, -0.1) is 0 Å². The van der Waals surface area contributed by atoms with Gasteiger partial charge in [0.1, 0.15) is 0 Å². The number of carbonyl (C=O) groups is 1. The monoisotopic (exact) mass is 374 g/mol. The van der Waals surface area contributed by atoms with E-state index in [4.69, 9.17) is 16.1 Å². The van der Waals surface area contributed by atoms with Gasteiger partial charge in [0.05, 0.1) is 6.54 Å². The Hall–Kier alpha value is -1.92. The van der Waals surface area contributed by atoms with Crippen LogP contribution in [0.1, 0.15) is 31.6 Å². The van der Waals surface area contributed by atoms with Crippen molar-refractivity contribution < 1.29 is 9.32 Å². The number of benzene rings is 1. The van der Waals surface area contributed by atoms with Crippen molar-refractivity contribution in [2.24, 2.45) is 5.92 Å². The number of piperidine rings is 1. The van der Waals surface area contributed by atoms with Gasteiger partial charge in [0.2, 0.25) is 17.6 Å². The van der Waals surface area contributed by atoms with Crippen LogP contribution in [0.25, 0.3) is 11.4 Å². The second kappa shape index (κ2) is 7.76. The summed E-state index contributed by atoms with van der Waals surface area (Å²) in [5.74, 6) is 2.03. The maximum atomic E-state index is 11.9. The molecule has 0 N–H and O–H groups in total. The summed E-state index contributed by atoms with van der Waals surface area (Å²) in [6, 6.07) is 7.46. The van der Waals surface area contributed by atoms with Gasteiger partial charge < -0.3 is 9.42 Å². The Bertz CT molecular complexity index is 778. The van der Waals surface area contributed by atoms with Crippen molar-refractivity contribution in [2.75, 3.05) is 26.2 Å². The summed E-state index contributed by atoms with van der Waals surface area (Å²) < 4.78 is 5.44. The van der Waals surface area contributed by atoms with Gasteiger partial charge in [0.25, 0.3) is 0 Å². The lowest BCUT2D eigenvalue weighted by Crippen LogP contribution is -2.41. The average Bonchev–Trinajstić information content (AvgIpc) is 3.25. The van der Waals surface area contributed by atoms with Crippen LogP contribution < -0.4 is 0 Å². The zero-order valence-corrected chi connectivity index (χ0v) is 15.5. The van der Waals surface area contributed by atoms with E-state index in [0.29, 0.717) is 41.5 Å². The molecule has 0 aliphatic carbocycles. The van der Waals surface area contributed by atoms with Gasteiger partial charge in [0, 0.05) is 36.6 Å². The molecule has 1 aromatic heterocycles. The van der Waals surface area contributed by atoms with Gasteiger partial charge in [-0.2, -0.15) is 4.98 Å². The molecule has 0 saturated carbocycles. The minimum atomic E-state index is 0.310. The molecule has 6 nitrogen and oxygen atoms in total. The largest absolute Gasteiger partial charge is 0.342 e. The van der Waals surface area contributed by atoms with Crippen molar-refractivity contribution in [1.82, 2.24) is 19.9 Å². The smallest absolute Gasteiger partial charge is 0.241 e. The second-order valence-corrected chi connectivity index (χ2v) is 7.65. The van der Waals surface area contributed by atoms with Gasteiger partial charge in [0.15, 0.2) is 0 Å². The zero-order valence-electron chi connectivity index (χ0n) is 14.7. The van der Waals surface area contributed by atoms with Crippen molar-refractivity contribution in [3.05, 3.63) is 35.2 Å². The van der Waals surface area contributed by atoms with Crippen molar-refractivity contribution in [1.29, 1.82) is 0 Å². The molecule has 0 spiro atoms. The van der Waals surface area contributed by atoms with Gasteiger partial charge in [-0.3, -0.25) is 9.69 Å². The quantitative estimate of drug-likeness (QED) is 0.804. The molecule has 4 rings (SSSR count). The van der Waals surface area contributed by atoms with Gasteiger partial charge in [-0.05, 0) is 43.9 Å². The van der Waals surface area contributed by atoms with Crippen LogP contribution in [0.4, 0.5) is 0 Å². The number of hydrogen-bond acceptors (Lipinski definition) is 5. The molecule has 7 heteroatoms. The topological polar surface area (TPSA) is 62.5 Å². The van der Waals surface area contributed by atoms with Crippen LogP contribution in [0.15, 0.2) is 28.8 Å². The molecule has 1 amide bonds. The molecule has 0 bridgehead atoms. The number of aromatic nitrogens is 2. The number of likely N-dealkylation sites (tertiary alicyclic amines) is 2. The van der Waals surface area contributed by atoms with Crippen LogP contribution >= 0.6 is 11.6 Å². The lowest BCUT2D eigenvalue weighted by molar-refractivity contribution is -0.128. The Morgan fingerprint density at radius 2 is 2.19 bits per heavy atom. The van der Waals surface area contributed by atoms with E-state index >= 15 is 0 Å². The van der Waals surface area contributed by atoms with Crippen molar-refractivity contribution in [2.45, 2.75) is 32.2 Å². The molecule has 1 aromatic carbocycles. The van der Waals surface area contributed by atoms with Gasteiger partial charge in [-0.1, -0.05) is 28.9 Å². The predicted octanol–water partition coefficient (Wildman–Crippen LogP) is 3.22. The van der Waals surface area contributed by atoms with E-state index in [2.05, 4.69) is 15.0 Å². The number of carbonyl (C=O) groups excluding carboxylic acids is 1. The van der Waals surface area contributed by atoms with Gasteiger partial charge in [-0.25, -0.2) is 0 Å². The summed E-state index contributed by atoms with van der Waals surface area (Å²) in [6.45, 7) is 4.45. The number of amides is 1. The normalized spacial score (nSPS) is 21.5. The molecule has 2 saturated heterocycles. The molecule has 1 unspecified atom stereocenters. The third-order valence-electron chi connectivity index (χ3n) is 5.16. The van der Waals surface area contributed by atoms with E-state index in [1.54, 1.807) is 0 Å². The molecule has 2 aliphatic rings.